The lowest BCUT2D eigenvalue weighted by atomic mass is 10.1. The van der Waals surface area contributed by atoms with Crippen molar-refractivity contribution in [3.05, 3.63) is 64.4 Å². The molecule has 25 heavy (non-hydrogen) atoms. The Morgan fingerprint density at radius 3 is 2.72 bits per heavy atom. The fraction of sp³-hybridized carbons (Fsp3) is 0.167. The molecule has 7 heteroatoms. The first-order valence-corrected chi connectivity index (χ1v) is 7.72. The summed E-state index contributed by atoms with van der Waals surface area (Å²) >= 11 is 5.86. The highest BCUT2D eigenvalue weighted by Crippen LogP contribution is 2.20. The Balaban J connectivity index is 1.96. The van der Waals surface area contributed by atoms with Gasteiger partial charge >= 0.3 is 5.97 Å². The zero-order valence-electron chi connectivity index (χ0n) is 13.3. The first-order chi connectivity index (χ1) is 11.9. The van der Waals surface area contributed by atoms with Crippen molar-refractivity contribution >= 4 is 29.2 Å². The van der Waals surface area contributed by atoms with E-state index in [1.165, 1.54) is 31.2 Å². The van der Waals surface area contributed by atoms with Gasteiger partial charge in [0.05, 0.1) is 18.1 Å². The second kappa shape index (κ2) is 8.27. The summed E-state index contributed by atoms with van der Waals surface area (Å²) in [7, 11) is 0. The smallest absolute Gasteiger partial charge is 0.311 e. The normalized spacial score (nSPS) is 11.3. The Morgan fingerprint density at radius 2 is 2.04 bits per heavy atom. The van der Waals surface area contributed by atoms with Gasteiger partial charge < -0.3 is 10.1 Å². The number of benzene rings is 2. The van der Waals surface area contributed by atoms with E-state index in [1.54, 1.807) is 18.2 Å². The maximum Gasteiger partial charge on any atom is 0.311 e. The van der Waals surface area contributed by atoms with Crippen molar-refractivity contribution in [2.75, 3.05) is 5.32 Å². The maximum absolute atomic E-state index is 13.7. The molecule has 2 aromatic rings. The van der Waals surface area contributed by atoms with Crippen LogP contribution in [0, 0.1) is 17.1 Å². The molecule has 0 saturated carbocycles. The fourth-order valence-corrected chi connectivity index (χ4v) is 2.28. The van der Waals surface area contributed by atoms with Crippen molar-refractivity contribution in [1.29, 1.82) is 5.26 Å². The van der Waals surface area contributed by atoms with Crippen LogP contribution in [0.5, 0.6) is 0 Å². The standard InChI is InChI=1S/C18H14ClFN2O3/c1-11(18(24)22-13-5-2-4-12(8-13)10-21)25-17(23)9-14-15(19)6-3-7-16(14)20/h2-8,11H,9H2,1H3,(H,22,24)/t11-/m1/s1. The van der Waals surface area contributed by atoms with Crippen molar-refractivity contribution in [2.45, 2.75) is 19.4 Å². The van der Waals surface area contributed by atoms with Crippen LogP contribution >= 0.6 is 11.6 Å². The molecule has 0 fully saturated rings. The lowest BCUT2D eigenvalue weighted by Gasteiger charge is -2.14. The predicted molar refractivity (Wildman–Crippen MR) is 90.5 cm³/mol. The SMILES string of the molecule is C[C@@H](OC(=O)Cc1c(F)cccc1Cl)C(=O)Nc1cccc(C#N)c1. The zero-order chi connectivity index (χ0) is 18.4. The number of amides is 1. The van der Waals surface area contributed by atoms with E-state index in [1.807, 2.05) is 6.07 Å². The maximum atomic E-state index is 13.7. The Bertz CT molecular complexity index is 828. The second-order valence-electron chi connectivity index (χ2n) is 5.19. The van der Waals surface area contributed by atoms with Crippen LogP contribution in [0.4, 0.5) is 10.1 Å². The molecule has 1 amide bonds. The minimum absolute atomic E-state index is 0.0171. The zero-order valence-corrected chi connectivity index (χ0v) is 14.0. The molecule has 2 rings (SSSR count). The summed E-state index contributed by atoms with van der Waals surface area (Å²) in [4.78, 5) is 24.0. The van der Waals surface area contributed by atoms with Crippen molar-refractivity contribution in [1.82, 2.24) is 0 Å². The summed E-state index contributed by atoms with van der Waals surface area (Å²) in [5.41, 5.74) is 0.809. The third-order valence-corrected chi connectivity index (χ3v) is 3.67. The summed E-state index contributed by atoms with van der Waals surface area (Å²) in [6.07, 6.45) is -1.48. The van der Waals surface area contributed by atoms with Gasteiger partial charge in [-0.1, -0.05) is 23.7 Å². The van der Waals surface area contributed by atoms with E-state index >= 15 is 0 Å². The molecule has 128 valence electrons. The van der Waals surface area contributed by atoms with Crippen LogP contribution < -0.4 is 5.32 Å². The fourth-order valence-electron chi connectivity index (χ4n) is 2.05. The molecule has 0 saturated heterocycles. The quantitative estimate of drug-likeness (QED) is 0.828. The van der Waals surface area contributed by atoms with E-state index in [-0.39, 0.29) is 17.0 Å². The molecule has 0 bridgehead atoms. The van der Waals surface area contributed by atoms with Crippen LogP contribution in [0.15, 0.2) is 42.5 Å². The van der Waals surface area contributed by atoms with Gasteiger partial charge in [-0.3, -0.25) is 9.59 Å². The first-order valence-electron chi connectivity index (χ1n) is 7.34. The number of esters is 1. The number of anilines is 1. The number of ether oxygens (including phenoxy) is 1. The average Bonchev–Trinajstić information content (AvgIpc) is 2.58. The first kappa shape index (κ1) is 18.4. The number of nitrogens with zero attached hydrogens (tertiary/aromatic N) is 1. The summed E-state index contributed by atoms with van der Waals surface area (Å²) in [6.45, 7) is 1.39. The van der Waals surface area contributed by atoms with Gasteiger partial charge in [-0.15, -0.1) is 0 Å². The number of nitriles is 1. The highest BCUT2D eigenvalue weighted by atomic mass is 35.5. The van der Waals surface area contributed by atoms with Gasteiger partial charge in [0, 0.05) is 16.3 Å². The van der Waals surface area contributed by atoms with Gasteiger partial charge in [0.2, 0.25) is 0 Å². The van der Waals surface area contributed by atoms with Crippen LogP contribution in [-0.4, -0.2) is 18.0 Å². The molecule has 0 radical (unpaired) electrons. The molecule has 0 aliphatic rings. The topological polar surface area (TPSA) is 79.2 Å². The Hall–Kier alpha value is -2.91. The summed E-state index contributed by atoms with van der Waals surface area (Å²) in [5.74, 6) is -1.96. The summed E-state index contributed by atoms with van der Waals surface area (Å²) in [6, 6.07) is 12.3. The third-order valence-electron chi connectivity index (χ3n) is 3.32. The van der Waals surface area contributed by atoms with Crippen LogP contribution in [0.3, 0.4) is 0 Å². The average molecular weight is 361 g/mol. The van der Waals surface area contributed by atoms with Crippen LogP contribution in [0.2, 0.25) is 5.02 Å². The molecule has 0 unspecified atom stereocenters. The second-order valence-corrected chi connectivity index (χ2v) is 5.60. The number of carbonyl (C=O) groups is 2. The lowest BCUT2D eigenvalue weighted by Crippen LogP contribution is -2.30. The number of carbonyl (C=O) groups excluding carboxylic acids is 2. The Kier molecular flexibility index (Phi) is 6.09. The largest absolute Gasteiger partial charge is 0.452 e. The van der Waals surface area contributed by atoms with Gasteiger partial charge in [0.1, 0.15) is 5.82 Å². The molecule has 0 aromatic heterocycles. The van der Waals surface area contributed by atoms with Crippen molar-refractivity contribution < 1.29 is 18.7 Å². The van der Waals surface area contributed by atoms with E-state index in [9.17, 15) is 14.0 Å². The molecule has 0 heterocycles. The minimum atomic E-state index is -1.09. The lowest BCUT2D eigenvalue weighted by molar-refractivity contribution is -0.152. The molecule has 5 nitrogen and oxygen atoms in total. The molecule has 2 aromatic carbocycles. The molecular formula is C18H14ClFN2O3. The van der Waals surface area contributed by atoms with Crippen molar-refractivity contribution in [3.8, 4) is 6.07 Å². The summed E-state index contributed by atoms with van der Waals surface area (Å²) in [5, 5.41) is 11.5. The van der Waals surface area contributed by atoms with Crippen molar-refractivity contribution in [3.63, 3.8) is 0 Å². The van der Waals surface area contributed by atoms with Crippen LogP contribution in [-0.2, 0) is 20.7 Å². The predicted octanol–water partition coefficient (Wildman–Crippen LogP) is 3.46. The number of halogens is 2. The molecule has 0 aliphatic carbocycles. The van der Waals surface area contributed by atoms with Crippen LogP contribution in [0.25, 0.3) is 0 Å². The minimum Gasteiger partial charge on any atom is -0.452 e. The Morgan fingerprint density at radius 1 is 1.32 bits per heavy atom. The molecule has 0 spiro atoms. The summed E-state index contributed by atoms with van der Waals surface area (Å²) < 4.78 is 18.7. The Labute approximate surface area is 149 Å². The molecule has 1 N–H and O–H groups in total. The van der Waals surface area contributed by atoms with E-state index in [4.69, 9.17) is 21.6 Å². The molecular weight excluding hydrogens is 347 g/mol. The van der Waals surface area contributed by atoms with Crippen molar-refractivity contribution in [2.24, 2.45) is 0 Å². The van der Waals surface area contributed by atoms with Crippen LogP contribution in [0.1, 0.15) is 18.1 Å². The number of hydrogen-bond acceptors (Lipinski definition) is 4. The van der Waals surface area contributed by atoms with E-state index < -0.39 is 23.8 Å². The number of nitrogens with one attached hydrogen (secondary N) is 1. The van der Waals surface area contributed by atoms with Gasteiger partial charge in [0.15, 0.2) is 6.10 Å². The number of hydrogen-bond donors (Lipinski definition) is 1. The van der Waals surface area contributed by atoms with E-state index in [0.29, 0.717) is 11.3 Å². The van der Waals surface area contributed by atoms with E-state index in [2.05, 4.69) is 5.32 Å². The third kappa shape index (κ3) is 5.03. The van der Waals surface area contributed by atoms with E-state index in [0.717, 1.165) is 0 Å². The highest BCUT2D eigenvalue weighted by molar-refractivity contribution is 6.31. The van der Waals surface area contributed by atoms with Gasteiger partial charge in [-0.2, -0.15) is 5.26 Å². The highest BCUT2D eigenvalue weighted by Gasteiger charge is 2.20. The van der Waals surface area contributed by atoms with Gasteiger partial charge in [0.25, 0.3) is 5.91 Å². The molecule has 1 atom stereocenters. The number of rotatable bonds is 5. The van der Waals surface area contributed by atoms with Gasteiger partial charge in [-0.05, 0) is 37.3 Å². The monoisotopic (exact) mass is 360 g/mol. The molecule has 0 aliphatic heterocycles. The van der Waals surface area contributed by atoms with Gasteiger partial charge in [-0.25, -0.2) is 4.39 Å².